The van der Waals surface area contributed by atoms with E-state index in [9.17, 15) is 30.4 Å². The van der Waals surface area contributed by atoms with Crippen LogP contribution in [0.3, 0.4) is 0 Å². The molecule has 0 atom stereocenters. The minimum absolute atomic E-state index is 0.0179. The Labute approximate surface area is 224 Å². The number of sulfonamides is 1. The highest BCUT2D eigenvalue weighted by atomic mass is 32.2. The van der Waals surface area contributed by atoms with E-state index in [0.717, 1.165) is 40.2 Å². The molecule has 14 heteroatoms. The van der Waals surface area contributed by atoms with Gasteiger partial charge in [0, 0.05) is 37.9 Å². The minimum Gasteiger partial charge on any atom is -0.304 e. The van der Waals surface area contributed by atoms with E-state index in [-0.39, 0.29) is 26.7 Å². The Morgan fingerprint density at radius 2 is 1.77 bits per heavy atom. The lowest BCUT2D eigenvalue weighted by atomic mass is 10.0. The van der Waals surface area contributed by atoms with E-state index >= 15 is 0 Å². The molecule has 1 fully saturated rings. The van der Waals surface area contributed by atoms with Gasteiger partial charge < -0.3 is 4.90 Å². The van der Waals surface area contributed by atoms with Crippen LogP contribution in [0.5, 0.6) is 0 Å². The predicted octanol–water partition coefficient (Wildman–Crippen LogP) is 4.75. The summed E-state index contributed by atoms with van der Waals surface area (Å²) < 4.78 is 95.9. The first kappa shape index (κ1) is 27.2. The van der Waals surface area contributed by atoms with Gasteiger partial charge in [0.2, 0.25) is 0 Å². The summed E-state index contributed by atoms with van der Waals surface area (Å²) in [5.74, 6) is 5.62. The van der Waals surface area contributed by atoms with Gasteiger partial charge >= 0.3 is 6.18 Å². The Hall–Kier alpha value is -3.38. The summed E-state index contributed by atoms with van der Waals surface area (Å²) in [7, 11) is -1.81. The van der Waals surface area contributed by atoms with Crippen molar-refractivity contribution in [1.29, 1.82) is 0 Å². The first-order chi connectivity index (χ1) is 18.4. The third-order valence-corrected chi connectivity index (χ3v) is 9.55. The number of alkyl halides is 5. The lowest BCUT2D eigenvalue weighted by molar-refractivity contribution is -0.137. The van der Waals surface area contributed by atoms with Gasteiger partial charge in [-0.3, -0.25) is 0 Å². The van der Waals surface area contributed by atoms with Crippen molar-refractivity contribution < 1.29 is 30.4 Å². The lowest BCUT2D eigenvalue weighted by Crippen LogP contribution is -2.46. The summed E-state index contributed by atoms with van der Waals surface area (Å²) in [5, 5.41) is 4.15. The van der Waals surface area contributed by atoms with Crippen LogP contribution >= 0.6 is 11.3 Å². The molecular weight excluding hydrogens is 561 g/mol. The van der Waals surface area contributed by atoms with E-state index in [0.29, 0.717) is 31.1 Å². The van der Waals surface area contributed by atoms with Gasteiger partial charge in [-0.25, -0.2) is 26.7 Å². The SMILES string of the molecule is CN1CCN(S(=O)(=O)c2ccc(C#Cc3c(-c4cccc(C(F)(F)F)c4)nn4c(C(F)F)ccnc34)s2)CC1. The largest absolute Gasteiger partial charge is 0.416 e. The number of halogens is 5. The van der Waals surface area contributed by atoms with Crippen LogP contribution in [0.4, 0.5) is 22.0 Å². The molecule has 204 valence electrons. The van der Waals surface area contributed by atoms with Crippen molar-refractivity contribution >= 4 is 27.0 Å². The number of piperazine rings is 1. The molecular formula is C25H20F5N5O2S2. The molecule has 39 heavy (non-hydrogen) atoms. The molecule has 7 nitrogen and oxygen atoms in total. The van der Waals surface area contributed by atoms with Crippen molar-refractivity contribution in [3.8, 4) is 23.1 Å². The smallest absolute Gasteiger partial charge is 0.304 e. The molecule has 0 bridgehead atoms. The number of fused-ring (bicyclic) bond motifs is 1. The van der Waals surface area contributed by atoms with Gasteiger partial charge in [0.05, 0.1) is 16.0 Å². The van der Waals surface area contributed by atoms with Gasteiger partial charge in [0.15, 0.2) is 5.65 Å². The zero-order chi connectivity index (χ0) is 27.9. The van der Waals surface area contributed by atoms with Crippen molar-refractivity contribution in [3.05, 3.63) is 70.4 Å². The first-order valence-corrected chi connectivity index (χ1v) is 13.8. The molecule has 0 aliphatic carbocycles. The van der Waals surface area contributed by atoms with Crippen molar-refractivity contribution in [2.45, 2.75) is 16.8 Å². The van der Waals surface area contributed by atoms with E-state index in [1.165, 1.54) is 28.6 Å². The fourth-order valence-electron chi connectivity index (χ4n) is 4.09. The Bertz CT molecular complexity index is 1690. The van der Waals surface area contributed by atoms with Crippen molar-refractivity contribution in [3.63, 3.8) is 0 Å². The molecule has 4 heterocycles. The fourth-order valence-corrected chi connectivity index (χ4v) is 6.83. The summed E-state index contributed by atoms with van der Waals surface area (Å²) in [6.45, 7) is 1.94. The van der Waals surface area contributed by atoms with Crippen LogP contribution in [0.1, 0.15) is 28.1 Å². The monoisotopic (exact) mass is 581 g/mol. The Morgan fingerprint density at radius 1 is 1.03 bits per heavy atom. The molecule has 0 N–H and O–H groups in total. The van der Waals surface area contributed by atoms with E-state index in [4.69, 9.17) is 0 Å². The molecule has 0 radical (unpaired) electrons. The third kappa shape index (κ3) is 5.40. The molecule has 1 aliphatic rings. The minimum atomic E-state index is -4.63. The van der Waals surface area contributed by atoms with Crippen LogP contribution in [0, 0.1) is 11.8 Å². The number of benzene rings is 1. The Kier molecular flexibility index (Phi) is 7.19. The van der Waals surface area contributed by atoms with Crippen LogP contribution in [0.15, 0.2) is 52.9 Å². The maximum absolute atomic E-state index is 13.7. The van der Waals surface area contributed by atoms with Crippen molar-refractivity contribution in [2.75, 3.05) is 33.2 Å². The first-order valence-electron chi connectivity index (χ1n) is 11.6. The summed E-state index contributed by atoms with van der Waals surface area (Å²) in [4.78, 5) is 6.50. The topological polar surface area (TPSA) is 70.8 Å². The summed E-state index contributed by atoms with van der Waals surface area (Å²) in [6, 6.07) is 8.34. The molecule has 1 saturated heterocycles. The van der Waals surface area contributed by atoms with Gasteiger partial charge in [-0.2, -0.15) is 22.6 Å². The summed E-state index contributed by atoms with van der Waals surface area (Å²) in [5.41, 5.74) is -1.50. The standard InChI is InChI=1S/C25H20F5N5O2S2/c1-33-11-13-34(14-12-33)39(36,37)21-8-6-18(38-21)5-7-19-22(16-3-2-4-17(15-16)25(28,29)30)32-35-20(23(26)27)9-10-31-24(19)35/h2-4,6,8-10,15,23H,11-14H2,1H3. The van der Waals surface area contributed by atoms with E-state index in [1.807, 2.05) is 11.9 Å². The highest BCUT2D eigenvalue weighted by molar-refractivity contribution is 7.91. The molecule has 4 aromatic rings. The number of thiophene rings is 1. The van der Waals surface area contributed by atoms with Crippen molar-refractivity contribution in [1.82, 2.24) is 23.8 Å². The number of nitrogens with zero attached hydrogens (tertiary/aromatic N) is 5. The molecule has 0 saturated carbocycles. The van der Waals surface area contributed by atoms with Crippen LogP contribution in [-0.4, -0.2) is 65.4 Å². The van der Waals surface area contributed by atoms with Gasteiger partial charge in [-0.05, 0) is 37.4 Å². The molecule has 5 rings (SSSR count). The highest BCUT2D eigenvalue weighted by Crippen LogP contribution is 2.34. The zero-order valence-electron chi connectivity index (χ0n) is 20.3. The average molecular weight is 582 g/mol. The normalized spacial score (nSPS) is 15.6. The highest BCUT2D eigenvalue weighted by Gasteiger charge is 2.31. The summed E-state index contributed by atoms with van der Waals surface area (Å²) in [6.07, 6.45) is -6.41. The third-order valence-electron chi connectivity index (χ3n) is 6.18. The number of aromatic nitrogens is 3. The van der Waals surface area contributed by atoms with Gasteiger partial charge in [-0.1, -0.05) is 24.0 Å². The number of hydrogen-bond donors (Lipinski definition) is 0. The van der Waals surface area contributed by atoms with Gasteiger partial charge in [-0.15, -0.1) is 11.3 Å². The molecule has 1 aliphatic heterocycles. The zero-order valence-corrected chi connectivity index (χ0v) is 21.9. The second-order valence-corrected chi connectivity index (χ2v) is 12.0. The van der Waals surface area contributed by atoms with Crippen LogP contribution < -0.4 is 0 Å². The lowest BCUT2D eigenvalue weighted by Gasteiger charge is -2.31. The average Bonchev–Trinajstić information content (AvgIpc) is 3.52. The second kappa shape index (κ2) is 10.3. The molecule has 0 unspecified atom stereocenters. The quantitative estimate of drug-likeness (QED) is 0.257. The van der Waals surface area contributed by atoms with Gasteiger partial charge in [0.25, 0.3) is 16.4 Å². The van der Waals surface area contributed by atoms with Gasteiger partial charge in [0.1, 0.15) is 15.6 Å². The number of rotatable bonds is 4. The van der Waals surface area contributed by atoms with Crippen molar-refractivity contribution in [2.24, 2.45) is 0 Å². The van der Waals surface area contributed by atoms with E-state index in [1.54, 1.807) is 0 Å². The second-order valence-electron chi connectivity index (χ2n) is 8.78. The number of hydrogen-bond acceptors (Lipinski definition) is 6. The Morgan fingerprint density at radius 3 is 2.46 bits per heavy atom. The van der Waals surface area contributed by atoms with Crippen LogP contribution in [0.25, 0.3) is 16.9 Å². The molecule has 0 amide bonds. The fraction of sp³-hybridized carbons (Fsp3) is 0.280. The van der Waals surface area contributed by atoms with E-state index < -0.39 is 33.9 Å². The van der Waals surface area contributed by atoms with Crippen LogP contribution in [0.2, 0.25) is 0 Å². The molecule has 3 aromatic heterocycles. The molecule has 0 spiro atoms. The maximum atomic E-state index is 13.7. The molecule has 1 aromatic carbocycles. The summed E-state index contributed by atoms with van der Waals surface area (Å²) >= 11 is 0.944. The number of likely N-dealkylation sites (N-methyl/N-ethyl adjacent to an activating group) is 1. The predicted molar refractivity (Wildman–Crippen MR) is 135 cm³/mol. The Balaban J connectivity index is 1.58. The van der Waals surface area contributed by atoms with E-state index in [2.05, 4.69) is 21.9 Å². The maximum Gasteiger partial charge on any atom is 0.416 e. The van der Waals surface area contributed by atoms with Crippen LogP contribution in [-0.2, 0) is 16.2 Å².